The Morgan fingerprint density at radius 1 is 1.30 bits per heavy atom. The number of benzene rings is 1. The van der Waals surface area contributed by atoms with Crippen LogP contribution in [0.1, 0.15) is 11.4 Å². The molecule has 142 valence electrons. The number of aryl methyl sites for hydroxylation is 1. The summed E-state index contributed by atoms with van der Waals surface area (Å²) in [6.45, 7) is 1.89. The summed E-state index contributed by atoms with van der Waals surface area (Å²) in [6, 6.07) is 9.50. The molecule has 2 fully saturated rings. The molecule has 4 rings (SSSR count). The standard InChI is InChI=1S/C19H23N5O3/c1-22-8-7-20-17(22)12-24-15-10-23(11-16(15)27-13-18(24)25)19(26)21-9-14-5-3-2-4-6-14/h2-8,15-16H,9-13H2,1H3,(H,21,26)/t15-,16+/m1/s1. The lowest BCUT2D eigenvalue weighted by Gasteiger charge is -2.36. The topological polar surface area (TPSA) is 79.7 Å². The van der Waals surface area contributed by atoms with E-state index in [0.717, 1.165) is 11.4 Å². The van der Waals surface area contributed by atoms with E-state index in [0.29, 0.717) is 26.2 Å². The average molecular weight is 369 g/mol. The molecule has 1 aromatic heterocycles. The first-order valence-electron chi connectivity index (χ1n) is 9.06. The lowest BCUT2D eigenvalue weighted by molar-refractivity contribution is -0.154. The number of hydrogen-bond donors (Lipinski definition) is 1. The van der Waals surface area contributed by atoms with Crippen molar-refractivity contribution in [3.63, 3.8) is 0 Å². The Morgan fingerprint density at radius 2 is 2.11 bits per heavy atom. The third kappa shape index (κ3) is 3.66. The number of ether oxygens (including phenoxy) is 1. The lowest BCUT2D eigenvalue weighted by Crippen LogP contribution is -2.53. The van der Waals surface area contributed by atoms with Gasteiger partial charge < -0.3 is 24.4 Å². The molecule has 0 unspecified atom stereocenters. The molecular formula is C19H23N5O3. The van der Waals surface area contributed by atoms with Gasteiger partial charge in [-0.3, -0.25) is 4.79 Å². The second-order valence-corrected chi connectivity index (χ2v) is 6.94. The van der Waals surface area contributed by atoms with Crippen LogP contribution in [0, 0.1) is 0 Å². The van der Waals surface area contributed by atoms with Gasteiger partial charge in [-0.05, 0) is 5.56 Å². The minimum absolute atomic E-state index is 0.0467. The van der Waals surface area contributed by atoms with Crippen molar-refractivity contribution in [1.29, 1.82) is 0 Å². The van der Waals surface area contributed by atoms with Crippen LogP contribution in [0.3, 0.4) is 0 Å². The molecule has 27 heavy (non-hydrogen) atoms. The average Bonchev–Trinajstić information content (AvgIpc) is 3.29. The summed E-state index contributed by atoms with van der Waals surface area (Å²) in [5.74, 6) is 0.752. The number of amides is 3. The van der Waals surface area contributed by atoms with Crippen molar-refractivity contribution in [3.05, 3.63) is 54.1 Å². The summed E-state index contributed by atoms with van der Waals surface area (Å²) in [5.41, 5.74) is 1.05. The van der Waals surface area contributed by atoms with E-state index in [1.54, 1.807) is 16.0 Å². The minimum Gasteiger partial charge on any atom is -0.364 e. The maximum atomic E-state index is 12.6. The van der Waals surface area contributed by atoms with Crippen LogP contribution in [-0.4, -0.2) is 63.1 Å². The Hall–Kier alpha value is -2.87. The molecule has 0 aliphatic carbocycles. The fourth-order valence-electron chi connectivity index (χ4n) is 3.62. The van der Waals surface area contributed by atoms with Gasteiger partial charge in [0.15, 0.2) is 0 Å². The van der Waals surface area contributed by atoms with E-state index >= 15 is 0 Å². The number of rotatable bonds is 4. The Bertz CT molecular complexity index is 822. The molecule has 1 aromatic carbocycles. The Labute approximate surface area is 157 Å². The van der Waals surface area contributed by atoms with Crippen molar-refractivity contribution < 1.29 is 14.3 Å². The number of nitrogens with one attached hydrogen (secondary N) is 1. The fraction of sp³-hybridized carbons (Fsp3) is 0.421. The van der Waals surface area contributed by atoms with Crippen LogP contribution in [0.25, 0.3) is 0 Å². The minimum atomic E-state index is -0.162. The summed E-state index contributed by atoms with van der Waals surface area (Å²) < 4.78 is 7.60. The molecule has 2 aliphatic heterocycles. The molecule has 8 heteroatoms. The number of urea groups is 1. The van der Waals surface area contributed by atoms with Crippen molar-refractivity contribution in [3.8, 4) is 0 Å². The van der Waals surface area contributed by atoms with Crippen molar-refractivity contribution in [2.75, 3.05) is 19.7 Å². The van der Waals surface area contributed by atoms with Crippen LogP contribution in [0.2, 0.25) is 0 Å². The first kappa shape index (κ1) is 17.5. The molecule has 0 spiro atoms. The molecule has 0 radical (unpaired) electrons. The number of likely N-dealkylation sites (tertiary alicyclic amines) is 1. The van der Waals surface area contributed by atoms with Crippen molar-refractivity contribution >= 4 is 11.9 Å². The van der Waals surface area contributed by atoms with Gasteiger partial charge >= 0.3 is 6.03 Å². The van der Waals surface area contributed by atoms with Crippen molar-refractivity contribution in [1.82, 2.24) is 24.7 Å². The third-order valence-electron chi connectivity index (χ3n) is 5.19. The van der Waals surface area contributed by atoms with E-state index in [-0.39, 0.29) is 30.7 Å². The molecule has 1 N–H and O–H groups in total. The van der Waals surface area contributed by atoms with Gasteiger partial charge in [-0.1, -0.05) is 30.3 Å². The molecular weight excluding hydrogens is 346 g/mol. The summed E-state index contributed by atoms with van der Waals surface area (Å²) in [5, 5.41) is 2.94. The van der Waals surface area contributed by atoms with E-state index in [2.05, 4.69) is 10.3 Å². The number of morpholine rings is 1. The number of imidazole rings is 1. The van der Waals surface area contributed by atoms with Crippen molar-refractivity contribution in [2.45, 2.75) is 25.2 Å². The van der Waals surface area contributed by atoms with Crippen LogP contribution < -0.4 is 5.32 Å². The molecule has 3 heterocycles. The summed E-state index contributed by atoms with van der Waals surface area (Å²) in [4.78, 5) is 32.8. The normalized spacial score (nSPS) is 22.0. The number of carbonyl (C=O) groups excluding carboxylic acids is 2. The smallest absolute Gasteiger partial charge is 0.317 e. The van der Waals surface area contributed by atoms with Crippen LogP contribution >= 0.6 is 0 Å². The highest BCUT2D eigenvalue weighted by Crippen LogP contribution is 2.25. The monoisotopic (exact) mass is 369 g/mol. The van der Waals surface area contributed by atoms with Crippen LogP contribution in [0.4, 0.5) is 4.79 Å². The van der Waals surface area contributed by atoms with E-state index in [1.807, 2.05) is 48.1 Å². The Balaban J connectivity index is 1.40. The van der Waals surface area contributed by atoms with Crippen LogP contribution in [-0.2, 0) is 29.7 Å². The maximum absolute atomic E-state index is 12.6. The van der Waals surface area contributed by atoms with E-state index in [1.165, 1.54) is 0 Å². The Morgan fingerprint density at radius 3 is 2.85 bits per heavy atom. The molecule has 2 aliphatic rings. The highest BCUT2D eigenvalue weighted by Gasteiger charge is 2.44. The number of aromatic nitrogens is 2. The van der Waals surface area contributed by atoms with Gasteiger partial charge in [0.2, 0.25) is 5.91 Å². The second-order valence-electron chi connectivity index (χ2n) is 6.94. The zero-order valence-corrected chi connectivity index (χ0v) is 15.2. The van der Waals surface area contributed by atoms with Gasteiger partial charge in [0, 0.05) is 32.5 Å². The molecule has 8 nitrogen and oxygen atoms in total. The van der Waals surface area contributed by atoms with Gasteiger partial charge in [0.05, 0.1) is 25.2 Å². The van der Waals surface area contributed by atoms with E-state index < -0.39 is 0 Å². The number of fused-ring (bicyclic) bond motifs is 1. The van der Waals surface area contributed by atoms with E-state index in [4.69, 9.17) is 4.74 Å². The molecule has 2 atom stereocenters. The quantitative estimate of drug-likeness (QED) is 0.862. The zero-order chi connectivity index (χ0) is 18.8. The largest absolute Gasteiger partial charge is 0.364 e. The first-order valence-corrected chi connectivity index (χ1v) is 9.06. The van der Waals surface area contributed by atoms with Crippen molar-refractivity contribution in [2.24, 2.45) is 7.05 Å². The maximum Gasteiger partial charge on any atom is 0.317 e. The summed E-state index contributed by atoms with van der Waals surface area (Å²) in [6.07, 6.45) is 3.41. The molecule has 0 saturated carbocycles. The number of carbonyl (C=O) groups is 2. The predicted molar refractivity (Wildman–Crippen MR) is 97.5 cm³/mol. The molecule has 3 amide bonds. The second kappa shape index (κ2) is 7.40. The zero-order valence-electron chi connectivity index (χ0n) is 15.2. The van der Waals surface area contributed by atoms with Gasteiger partial charge in [-0.15, -0.1) is 0 Å². The first-order chi connectivity index (χ1) is 13.1. The van der Waals surface area contributed by atoms with Gasteiger partial charge in [-0.2, -0.15) is 0 Å². The molecule has 2 saturated heterocycles. The highest BCUT2D eigenvalue weighted by molar-refractivity contribution is 5.79. The molecule has 2 aromatic rings. The highest BCUT2D eigenvalue weighted by atomic mass is 16.5. The van der Waals surface area contributed by atoms with Gasteiger partial charge in [0.1, 0.15) is 12.4 Å². The summed E-state index contributed by atoms with van der Waals surface area (Å²) in [7, 11) is 1.91. The van der Waals surface area contributed by atoms with Crippen LogP contribution in [0.5, 0.6) is 0 Å². The van der Waals surface area contributed by atoms with Gasteiger partial charge in [-0.25, -0.2) is 9.78 Å². The Kier molecular flexibility index (Phi) is 4.81. The van der Waals surface area contributed by atoms with Gasteiger partial charge in [0.25, 0.3) is 0 Å². The number of hydrogen-bond acceptors (Lipinski definition) is 4. The van der Waals surface area contributed by atoms with E-state index in [9.17, 15) is 9.59 Å². The molecule has 0 bridgehead atoms. The third-order valence-corrected chi connectivity index (χ3v) is 5.19. The SMILES string of the molecule is Cn1ccnc1CN1C(=O)CO[C@H]2CN(C(=O)NCc3ccccc3)C[C@H]21. The number of nitrogens with zero attached hydrogens (tertiary/aromatic N) is 4. The van der Waals surface area contributed by atoms with Crippen LogP contribution in [0.15, 0.2) is 42.7 Å². The predicted octanol–water partition coefficient (Wildman–Crippen LogP) is 0.742. The fourth-order valence-corrected chi connectivity index (χ4v) is 3.62. The lowest BCUT2D eigenvalue weighted by atomic mass is 10.1. The summed E-state index contributed by atoms with van der Waals surface area (Å²) >= 11 is 0.